The van der Waals surface area contributed by atoms with E-state index in [4.69, 9.17) is 27.6 Å². The maximum atomic E-state index is 11.4. The molecule has 1 aliphatic heterocycles. The first-order valence-corrected chi connectivity index (χ1v) is 8.63. The number of aliphatic carboxylic acids is 1. The highest BCUT2D eigenvalue weighted by molar-refractivity contribution is 8.01. The Morgan fingerprint density at radius 1 is 1.26 bits per heavy atom. The van der Waals surface area contributed by atoms with Crippen LogP contribution in [0, 0.1) is 0 Å². The summed E-state index contributed by atoms with van der Waals surface area (Å²) in [5.74, 6) is 0.458. The Kier molecular flexibility index (Phi) is 4.40. The summed E-state index contributed by atoms with van der Waals surface area (Å²) < 4.78 is 5.46. The minimum absolute atomic E-state index is 0.213. The molecule has 1 aromatic carbocycles. The van der Waals surface area contributed by atoms with Crippen LogP contribution in [-0.2, 0) is 4.79 Å². The average molecular weight is 372 g/mol. The van der Waals surface area contributed by atoms with E-state index < -0.39 is 16.8 Å². The van der Waals surface area contributed by atoms with Crippen molar-refractivity contribution < 1.29 is 14.3 Å². The zero-order chi connectivity index (χ0) is 16.8. The largest absolute Gasteiger partial charge is 0.480 e. The Labute approximate surface area is 148 Å². The fourth-order valence-electron chi connectivity index (χ4n) is 2.61. The predicted octanol–water partition coefficient (Wildman–Crippen LogP) is 4.82. The minimum atomic E-state index is -0.863. The van der Waals surface area contributed by atoms with Crippen LogP contribution in [0.3, 0.4) is 0 Å². The van der Waals surface area contributed by atoms with Crippen LogP contribution in [0.4, 0.5) is 0 Å². The summed E-state index contributed by atoms with van der Waals surface area (Å²) >= 11 is 13.6. The van der Waals surface area contributed by atoms with E-state index >= 15 is 0 Å². The smallest absolute Gasteiger partial charge is 0.322 e. The van der Waals surface area contributed by atoms with E-state index in [9.17, 15) is 9.90 Å². The highest BCUT2D eigenvalue weighted by Crippen LogP contribution is 2.46. The van der Waals surface area contributed by atoms with Crippen LogP contribution in [0.15, 0.2) is 34.7 Å². The van der Waals surface area contributed by atoms with Crippen LogP contribution in [0.5, 0.6) is 0 Å². The highest BCUT2D eigenvalue weighted by atomic mass is 35.5. The fraction of sp³-hybridized carbons (Fsp3) is 0.312. The molecular weight excluding hydrogens is 357 g/mol. The van der Waals surface area contributed by atoms with Gasteiger partial charge in [-0.25, -0.2) is 0 Å². The number of carbonyl (C=O) groups is 1. The van der Waals surface area contributed by atoms with Gasteiger partial charge in [-0.15, -0.1) is 11.8 Å². The van der Waals surface area contributed by atoms with Gasteiger partial charge in [0.1, 0.15) is 22.9 Å². The number of carboxylic acid groups (broad SMARTS) is 1. The molecule has 0 amide bonds. The standard InChI is InChI=1S/C16H15Cl2NO3S/c1-16(2)13(15(20)21)19-14(23-16)12-4-3-11(22-12)8-5-9(17)7-10(18)6-8/h3-7,13-14,19H,1-2H3,(H,20,21). The maximum absolute atomic E-state index is 11.4. The third-order valence-corrected chi connectivity index (χ3v) is 5.60. The molecule has 2 atom stereocenters. The van der Waals surface area contributed by atoms with E-state index in [-0.39, 0.29) is 5.37 Å². The van der Waals surface area contributed by atoms with Gasteiger partial charge in [0.05, 0.1) is 0 Å². The quantitative estimate of drug-likeness (QED) is 0.809. The first-order valence-electron chi connectivity index (χ1n) is 6.99. The molecule has 0 bridgehead atoms. The molecule has 1 aliphatic rings. The molecule has 4 nitrogen and oxygen atoms in total. The number of nitrogens with one attached hydrogen (secondary N) is 1. The van der Waals surface area contributed by atoms with Crippen LogP contribution in [0.2, 0.25) is 10.0 Å². The molecule has 0 saturated carbocycles. The van der Waals surface area contributed by atoms with Gasteiger partial charge < -0.3 is 9.52 Å². The molecule has 0 spiro atoms. The third-order valence-electron chi connectivity index (χ3n) is 3.71. The number of benzene rings is 1. The number of halogens is 2. The SMILES string of the molecule is CC1(C)SC(c2ccc(-c3cc(Cl)cc(Cl)c3)o2)NC1C(=O)O. The first-order chi connectivity index (χ1) is 10.8. The summed E-state index contributed by atoms with van der Waals surface area (Å²) in [5, 5.41) is 13.3. The summed E-state index contributed by atoms with van der Waals surface area (Å²) in [6.45, 7) is 3.81. The Bertz CT molecular complexity index is 739. The lowest BCUT2D eigenvalue weighted by Gasteiger charge is -2.20. The second-order valence-corrected chi connectivity index (χ2v) is 8.53. The van der Waals surface area contributed by atoms with E-state index in [0.717, 1.165) is 5.56 Å². The molecule has 0 radical (unpaired) electrons. The van der Waals surface area contributed by atoms with Gasteiger partial charge >= 0.3 is 5.97 Å². The number of carboxylic acids is 1. The van der Waals surface area contributed by atoms with Gasteiger partial charge in [0.2, 0.25) is 0 Å². The Hall–Kier alpha value is -1.14. The average Bonchev–Trinajstić information content (AvgIpc) is 3.01. The van der Waals surface area contributed by atoms with Crippen LogP contribution in [-0.4, -0.2) is 21.9 Å². The van der Waals surface area contributed by atoms with E-state index in [1.807, 2.05) is 26.0 Å². The molecule has 2 aromatic rings. The zero-order valence-corrected chi connectivity index (χ0v) is 14.8. The monoisotopic (exact) mass is 371 g/mol. The van der Waals surface area contributed by atoms with Gasteiger partial charge in [-0.3, -0.25) is 10.1 Å². The van der Waals surface area contributed by atoms with Gasteiger partial charge in [0, 0.05) is 20.4 Å². The van der Waals surface area contributed by atoms with Crippen molar-refractivity contribution in [2.75, 3.05) is 0 Å². The first kappa shape index (κ1) is 16.7. The molecule has 1 aromatic heterocycles. The van der Waals surface area contributed by atoms with Gasteiger partial charge in [-0.1, -0.05) is 23.2 Å². The Morgan fingerprint density at radius 2 is 1.91 bits per heavy atom. The zero-order valence-electron chi connectivity index (χ0n) is 12.5. The Morgan fingerprint density at radius 3 is 2.48 bits per heavy atom. The van der Waals surface area contributed by atoms with Crippen molar-refractivity contribution in [1.29, 1.82) is 0 Å². The topological polar surface area (TPSA) is 62.5 Å². The summed E-state index contributed by atoms with van der Waals surface area (Å²) in [6, 6.07) is 8.25. The normalized spacial score (nSPS) is 23.1. The number of thioether (sulfide) groups is 1. The number of hydrogen-bond donors (Lipinski definition) is 2. The molecule has 23 heavy (non-hydrogen) atoms. The van der Waals surface area contributed by atoms with Crippen LogP contribution >= 0.6 is 35.0 Å². The molecular formula is C16H15Cl2NO3S. The van der Waals surface area contributed by atoms with E-state index in [2.05, 4.69) is 5.32 Å². The van der Waals surface area contributed by atoms with E-state index in [0.29, 0.717) is 21.6 Å². The summed E-state index contributed by atoms with van der Waals surface area (Å²) in [7, 11) is 0. The van der Waals surface area contributed by atoms with Crippen molar-refractivity contribution in [2.45, 2.75) is 30.0 Å². The molecule has 122 valence electrons. The molecule has 3 rings (SSSR count). The lowest BCUT2D eigenvalue weighted by atomic mass is 10.0. The third kappa shape index (κ3) is 3.38. The van der Waals surface area contributed by atoms with Gasteiger partial charge in [0.15, 0.2) is 0 Å². The van der Waals surface area contributed by atoms with Crippen molar-refractivity contribution in [3.05, 3.63) is 46.1 Å². The fourth-order valence-corrected chi connectivity index (χ4v) is 4.50. The molecule has 7 heteroatoms. The number of furan rings is 1. The second kappa shape index (κ2) is 6.06. The van der Waals surface area contributed by atoms with Gasteiger partial charge in [-0.2, -0.15) is 0 Å². The molecule has 1 fully saturated rings. The van der Waals surface area contributed by atoms with Crippen LogP contribution < -0.4 is 5.32 Å². The van der Waals surface area contributed by atoms with Gasteiger partial charge in [-0.05, 0) is 44.2 Å². The number of hydrogen-bond acceptors (Lipinski definition) is 4. The molecule has 1 saturated heterocycles. The maximum Gasteiger partial charge on any atom is 0.322 e. The lowest BCUT2D eigenvalue weighted by molar-refractivity contribution is -0.139. The van der Waals surface area contributed by atoms with E-state index in [1.165, 1.54) is 11.8 Å². The minimum Gasteiger partial charge on any atom is -0.480 e. The Balaban J connectivity index is 1.87. The van der Waals surface area contributed by atoms with Crippen molar-refractivity contribution in [3.63, 3.8) is 0 Å². The summed E-state index contributed by atoms with van der Waals surface area (Å²) in [4.78, 5) is 11.4. The van der Waals surface area contributed by atoms with Crippen LogP contribution in [0.25, 0.3) is 11.3 Å². The lowest BCUT2D eigenvalue weighted by Crippen LogP contribution is -2.43. The molecule has 2 unspecified atom stereocenters. The van der Waals surface area contributed by atoms with Crippen molar-refractivity contribution in [1.82, 2.24) is 5.32 Å². The van der Waals surface area contributed by atoms with Crippen LogP contribution in [0.1, 0.15) is 25.0 Å². The second-order valence-electron chi connectivity index (χ2n) is 5.90. The number of rotatable bonds is 3. The molecule has 2 N–H and O–H groups in total. The van der Waals surface area contributed by atoms with Crippen molar-refractivity contribution >= 4 is 40.9 Å². The van der Waals surface area contributed by atoms with Gasteiger partial charge in [0.25, 0.3) is 0 Å². The van der Waals surface area contributed by atoms with Crippen molar-refractivity contribution in [2.24, 2.45) is 0 Å². The summed E-state index contributed by atoms with van der Waals surface area (Å²) in [5.41, 5.74) is 0.783. The van der Waals surface area contributed by atoms with Crippen molar-refractivity contribution in [3.8, 4) is 11.3 Å². The summed E-state index contributed by atoms with van der Waals surface area (Å²) in [6.07, 6.45) is 0. The molecule has 0 aliphatic carbocycles. The predicted molar refractivity (Wildman–Crippen MR) is 93.1 cm³/mol. The highest BCUT2D eigenvalue weighted by Gasteiger charge is 2.46. The molecule has 2 heterocycles. The van der Waals surface area contributed by atoms with E-state index in [1.54, 1.807) is 18.2 Å².